The molecule has 0 saturated carbocycles. The van der Waals surface area contributed by atoms with Crippen LogP contribution in [0, 0.1) is 0 Å². The Labute approximate surface area is 435 Å². The average molecular weight is 1090 g/mol. The lowest BCUT2D eigenvalue weighted by molar-refractivity contribution is -0.124. The third-order valence-corrected chi connectivity index (χ3v) is 27.5. The van der Waals surface area contributed by atoms with E-state index in [1.54, 1.807) is 22.7 Å². The Morgan fingerprint density at radius 1 is 0.338 bits per heavy atom. The van der Waals surface area contributed by atoms with Crippen molar-refractivity contribution in [2.45, 2.75) is 141 Å². The minimum atomic E-state index is -1.37. The molecule has 0 aromatic carbocycles. The van der Waals surface area contributed by atoms with Crippen LogP contribution in [-0.4, -0.2) is 67.0 Å². The second-order valence-electron chi connectivity index (χ2n) is 23.7. The monoisotopic (exact) mass is 1080 g/mol. The molecular formula is C54H72N2O2S6Si4. The first-order chi connectivity index (χ1) is 32.0. The second kappa shape index (κ2) is 20.9. The lowest BCUT2D eigenvalue weighted by atomic mass is 10.1. The molecule has 4 nitrogen and oxygen atoms in total. The van der Waals surface area contributed by atoms with Gasteiger partial charge in [0.05, 0.1) is 32.3 Å². The van der Waals surface area contributed by atoms with Gasteiger partial charge in [-0.25, -0.2) is 0 Å². The highest BCUT2D eigenvalue weighted by Crippen LogP contribution is 2.51. The van der Waals surface area contributed by atoms with E-state index in [1.165, 1.54) is 73.7 Å². The first-order valence-electron chi connectivity index (χ1n) is 24.7. The van der Waals surface area contributed by atoms with Crippen LogP contribution < -0.4 is 0 Å². The molecular weight excluding hydrogens is 1010 g/mol. The molecule has 68 heavy (non-hydrogen) atoms. The maximum Gasteiger partial charge on any atom is 0.261 e. The average Bonchev–Trinajstić information content (AvgIpc) is 4.07. The number of hydrogen-bond donors (Lipinski definition) is 0. The van der Waals surface area contributed by atoms with Crippen LogP contribution >= 0.6 is 68.0 Å². The summed E-state index contributed by atoms with van der Waals surface area (Å²) in [6.45, 7) is 30.4. The van der Waals surface area contributed by atoms with E-state index in [-0.39, 0.29) is 11.8 Å². The first kappa shape index (κ1) is 51.8. The van der Waals surface area contributed by atoms with Crippen LogP contribution in [-0.2, 0) is 22.4 Å². The summed E-state index contributed by atoms with van der Waals surface area (Å²) < 4.78 is 0. The van der Waals surface area contributed by atoms with Crippen LogP contribution in [0.15, 0.2) is 83.9 Å². The van der Waals surface area contributed by atoms with Crippen molar-refractivity contribution in [3.05, 3.63) is 103 Å². The van der Waals surface area contributed by atoms with Crippen LogP contribution in [0.4, 0.5) is 0 Å². The van der Waals surface area contributed by atoms with Gasteiger partial charge in [0.25, 0.3) is 11.8 Å². The van der Waals surface area contributed by atoms with Gasteiger partial charge in [-0.15, -0.1) is 68.0 Å². The summed E-state index contributed by atoms with van der Waals surface area (Å²) in [6, 6.07) is 32.1. The van der Waals surface area contributed by atoms with Crippen molar-refractivity contribution in [3.63, 3.8) is 0 Å². The molecule has 6 aromatic rings. The molecule has 2 amide bonds. The number of hydrogen-bond acceptors (Lipinski definition) is 8. The maximum atomic E-state index is 15.2. The quantitative estimate of drug-likeness (QED) is 0.0636. The molecule has 0 atom stereocenters. The summed E-state index contributed by atoms with van der Waals surface area (Å²) in [5.41, 5.74) is 2.86. The minimum Gasteiger partial charge on any atom is -0.306 e. The van der Waals surface area contributed by atoms with Crippen LogP contribution in [0.2, 0.25) is 103 Å². The summed E-state index contributed by atoms with van der Waals surface area (Å²) >= 11 is 11.0. The molecule has 2 aliphatic rings. The zero-order valence-electron chi connectivity index (χ0n) is 42.6. The second-order valence-corrected chi connectivity index (χ2v) is 52.9. The smallest absolute Gasteiger partial charge is 0.261 e. The molecule has 2 aliphatic heterocycles. The number of rotatable bonds is 22. The van der Waals surface area contributed by atoms with Gasteiger partial charge in [-0.05, 0) is 98.5 Å². The summed E-state index contributed by atoms with van der Waals surface area (Å²) in [5, 5.41) is 0. The third-order valence-electron chi connectivity index (χ3n) is 12.7. The summed E-state index contributed by atoms with van der Waals surface area (Å²) in [4.78, 5) is 49.5. The van der Waals surface area contributed by atoms with Gasteiger partial charge in [-0.2, -0.15) is 0 Å². The predicted octanol–water partition coefficient (Wildman–Crippen LogP) is 18.5. The van der Waals surface area contributed by atoms with Gasteiger partial charge in [0.15, 0.2) is 0 Å². The van der Waals surface area contributed by atoms with Crippen molar-refractivity contribution < 1.29 is 9.59 Å². The van der Waals surface area contributed by atoms with Crippen LogP contribution in [0.1, 0.15) is 45.2 Å². The van der Waals surface area contributed by atoms with Crippen LogP contribution in [0.3, 0.4) is 0 Å². The van der Waals surface area contributed by atoms with Gasteiger partial charge in [-0.3, -0.25) is 9.59 Å². The number of nitrogens with zero attached hydrogens (tertiary/aromatic N) is 2. The predicted molar refractivity (Wildman–Crippen MR) is 318 cm³/mol. The van der Waals surface area contributed by atoms with Crippen molar-refractivity contribution in [2.24, 2.45) is 0 Å². The molecule has 0 spiro atoms. The van der Waals surface area contributed by atoms with E-state index < -0.39 is 32.3 Å². The number of amides is 2. The Hall–Kier alpha value is -2.51. The molecule has 0 fully saturated rings. The van der Waals surface area contributed by atoms with E-state index in [0.29, 0.717) is 24.2 Å². The normalized spacial score (nSPS) is 15.1. The zero-order chi connectivity index (χ0) is 48.8. The molecule has 6 aromatic heterocycles. The number of fused-ring (bicyclic) bond motifs is 1. The molecule has 0 bridgehead atoms. The largest absolute Gasteiger partial charge is 0.306 e. The fraction of sp³-hybridized carbons (Fsp3) is 0.444. The molecule has 362 valence electrons. The molecule has 0 N–H and O–H groups in total. The zero-order valence-corrected chi connectivity index (χ0v) is 51.5. The molecule has 0 aliphatic carbocycles. The summed E-state index contributed by atoms with van der Waals surface area (Å²) in [6.07, 6.45) is 6.73. The molecule has 8 rings (SSSR count). The highest BCUT2D eigenvalue weighted by atomic mass is 32.1. The van der Waals surface area contributed by atoms with Gasteiger partial charge >= 0.3 is 0 Å². The van der Waals surface area contributed by atoms with Crippen molar-refractivity contribution in [1.29, 1.82) is 0 Å². The highest BCUT2D eigenvalue weighted by molar-refractivity contribution is 7.27. The van der Waals surface area contributed by atoms with Gasteiger partial charge < -0.3 is 9.80 Å². The molecule has 0 radical (unpaired) electrons. The Balaban J connectivity index is 1.12. The van der Waals surface area contributed by atoms with E-state index in [1.807, 2.05) is 55.1 Å². The van der Waals surface area contributed by atoms with Crippen LogP contribution in [0.5, 0.6) is 0 Å². The SMILES string of the molecule is C[Si](C)(C)CCCc1ccc(-c2ccc(-c3ccc(C4=C5C(=O)N(CCC[Si](C)(C)C)C(c6ccc(-c7ccc(-c8ccc(CCC[Si](C)(C)C)s8)s7)s6)=C5C(=O)N4CCC[Si](C)(C)C)s3)s2)s1. The third kappa shape index (κ3) is 12.7. The van der Waals surface area contributed by atoms with E-state index >= 15 is 9.59 Å². The molecule has 0 saturated heterocycles. The Morgan fingerprint density at radius 3 is 0.897 bits per heavy atom. The number of aryl methyl sites for hydroxylation is 2. The fourth-order valence-electron chi connectivity index (χ4n) is 9.15. The fourth-order valence-corrected chi connectivity index (χ4v) is 20.7. The van der Waals surface area contributed by atoms with Gasteiger partial charge in [0.1, 0.15) is 0 Å². The van der Waals surface area contributed by atoms with Gasteiger partial charge in [-0.1, -0.05) is 116 Å². The van der Waals surface area contributed by atoms with Crippen molar-refractivity contribution in [1.82, 2.24) is 9.80 Å². The Morgan fingerprint density at radius 2 is 0.588 bits per heavy atom. The number of carbonyl (C=O) groups is 2. The van der Waals surface area contributed by atoms with E-state index in [2.05, 4.69) is 151 Å². The van der Waals surface area contributed by atoms with Crippen molar-refractivity contribution in [2.75, 3.05) is 13.1 Å². The van der Waals surface area contributed by atoms with E-state index in [4.69, 9.17) is 0 Å². The Bertz CT molecular complexity index is 2630. The lowest BCUT2D eigenvalue weighted by Gasteiger charge is -2.26. The minimum absolute atomic E-state index is 0.0139. The van der Waals surface area contributed by atoms with E-state index in [9.17, 15) is 0 Å². The molecule has 14 heteroatoms. The van der Waals surface area contributed by atoms with E-state index in [0.717, 1.165) is 58.9 Å². The maximum absolute atomic E-state index is 15.2. The molecule has 0 unspecified atom stereocenters. The number of carbonyl (C=O) groups excluding carboxylic acids is 2. The van der Waals surface area contributed by atoms with Crippen molar-refractivity contribution >= 4 is 124 Å². The lowest BCUT2D eigenvalue weighted by Crippen LogP contribution is -2.32. The standard InChI is InChI=1S/C54H72N2O2S6Si4/c1-65(2,3)33-13-17-37-19-21-39(59-37)41-23-25-43(61-41)45-27-29-47(63-45)51-49-50(54(58)55(51)31-15-35-67(7,8)9)52(56(53(49)57)32-16-36-68(10,11)12)48-30-28-46(64-48)44-26-24-42(62-44)40-22-20-38(60-40)18-14-34-66(4,5)6/h19-30H,13-18,31-36H2,1-12H3. The van der Waals surface area contributed by atoms with Crippen molar-refractivity contribution in [3.8, 4) is 39.0 Å². The summed E-state index contributed by atoms with van der Waals surface area (Å²) in [7, 11) is -4.82. The van der Waals surface area contributed by atoms with Gasteiger partial charge in [0.2, 0.25) is 0 Å². The van der Waals surface area contributed by atoms with Gasteiger partial charge in [0, 0.05) is 94.2 Å². The number of thiophene rings is 6. The molecule has 8 heterocycles. The highest BCUT2D eigenvalue weighted by Gasteiger charge is 2.49. The summed E-state index contributed by atoms with van der Waals surface area (Å²) in [5.74, 6) is -0.0277. The topological polar surface area (TPSA) is 40.6 Å². The Kier molecular flexibility index (Phi) is 15.9. The van der Waals surface area contributed by atoms with Crippen LogP contribution in [0.25, 0.3) is 50.4 Å². The first-order valence-corrected chi connectivity index (χ1v) is 44.4.